The number of rotatable bonds is 6. The highest BCUT2D eigenvalue weighted by molar-refractivity contribution is 5.30. The van der Waals surface area contributed by atoms with E-state index in [9.17, 15) is 8.78 Å². The lowest BCUT2D eigenvalue weighted by molar-refractivity contribution is 0.285. The average molecular weight is 296 g/mol. The number of aromatic nitrogens is 3. The molecule has 6 nitrogen and oxygen atoms in total. The van der Waals surface area contributed by atoms with Crippen LogP contribution in [0.5, 0.6) is 17.8 Å². The van der Waals surface area contributed by atoms with E-state index in [1.807, 2.05) is 6.92 Å². The van der Waals surface area contributed by atoms with Gasteiger partial charge in [0.15, 0.2) is 0 Å². The van der Waals surface area contributed by atoms with Gasteiger partial charge in [0.1, 0.15) is 17.4 Å². The highest BCUT2D eigenvalue weighted by Gasteiger charge is 2.10. The monoisotopic (exact) mass is 296 g/mol. The van der Waals surface area contributed by atoms with Gasteiger partial charge in [0, 0.05) is 25.2 Å². The third-order valence-electron chi connectivity index (χ3n) is 2.30. The molecule has 0 spiro atoms. The quantitative estimate of drug-likeness (QED) is 0.884. The molecule has 2 aromatic rings. The van der Waals surface area contributed by atoms with Gasteiger partial charge in [-0.1, -0.05) is 6.92 Å². The van der Waals surface area contributed by atoms with E-state index in [0.717, 1.165) is 24.6 Å². The van der Waals surface area contributed by atoms with Crippen molar-refractivity contribution in [1.29, 1.82) is 0 Å². The van der Waals surface area contributed by atoms with Gasteiger partial charge in [0.2, 0.25) is 5.95 Å². The molecule has 0 fully saturated rings. The molecule has 0 saturated heterocycles. The fourth-order valence-corrected chi connectivity index (χ4v) is 1.45. The van der Waals surface area contributed by atoms with Gasteiger partial charge in [-0.25, -0.2) is 8.78 Å². The second kappa shape index (κ2) is 6.78. The topological polar surface area (TPSA) is 69.2 Å². The predicted molar refractivity (Wildman–Crippen MR) is 71.6 cm³/mol. The van der Waals surface area contributed by atoms with Crippen LogP contribution in [0, 0.1) is 11.6 Å². The van der Waals surface area contributed by atoms with Crippen LogP contribution in [0.3, 0.4) is 0 Å². The Morgan fingerprint density at radius 3 is 2.33 bits per heavy atom. The number of ether oxygens (including phenoxy) is 2. The first-order chi connectivity index (χ1) is 10.1. The molecule has 1 aromatic carbocycles. The molecule has 0 aliphatic carbocycles. The molecule has 1 aromatic heterocycles. The molecule has 0 bridgehead atoms. The Balaban J connectivity index is 2.25. The second-order valence-corrected chi connectivity index (χ2v) is 4.03. The zero-order valence-electron chi connectivity index (χ0n) is 11.6. The van der Waals surface area contributed by atoms with E-state index in [0.29, 0.717) is 6.61 Å². The Morgan fingerprint density at radius 1 is 1.05 bits per heavy atom. The summed E-state index contributed by atoms with van der Waals surface area (Å²) in [6.45, 7) is 2.37. The molecule has 0 radical (unpaired) electrons. The number of halogens is 2. The van der Waals surface area contributed by atoms with E-state index in [2.05, 4.69) is 20.3 Å². The van der Waals surface area contributed by atoms with Crippen LogP contribution in [0.4, 0.5) is 14.7 Å². The van der Waals surface area contributed by atoms with Crippen molar-refractivity contribution in [3.05, 3.63) is 29.8 Å². The smallest absolute Gasteiger partial charge is 0.330 e. The lowest BCUT2D eigenvalue weighted by Crippen LogP contribution is -2.06. The average Bonchev–Trinajstić information content (AvgIpc) is 2.43. The third-order valence-corrected chi connectivity index (χ3v) is 2.30. The standard InChI is InChI=1S/C13H14F2N4O2/c1-3-4-20-12-17-11(16-2)18-13(19-12)21-10-6-8(14)5-9(15)7-10/h5-7H,3-4H2,1-2H3,(H,16,17,18,19). The second-order valence-electron chi connectivity index (χ2n) is 4.03. The summed E-state index contributed by atoms with van der Waals surface area (Å²) in [5.74, 6) is -1.34. The fraction of sp³-hybridized carbons (Fsp3) is 0.308. The maximum absolute atomic E-state index is 13.1. The summed E-state index contributed by atoms with van der Waals surface area (Å²) in [7, 11) is 1.62. The highest BCUT2D eigenvalue weighted by Crippen LogP contribution is 2.22. The van der Waals surface area contributed by atoms with Crippen molar-refractivity contribution in [1.82, 2.24) is 15.0 Å². The van der Waals surface area contributed by atoms with Crippen LogP contribution in [0.2, 0.25) is 0 Å². The van der Waals surface area contributed by atoms with Crippen LogP contribution in [-0.4, -0.2) is 28.6 Å². The minimum absolute atomic E-state index is 0.0535. The number of anilines is 1. The van der Waals surface area contributed by atoms with Crippen molar-refractivity contribution < 1.29 is 18.3 Å². The third kappa shape index (κ3) is 4.23. The number of nitrogens with zero attached hydrogens (tertiary/aromatic N) is 3. The lowest BCUT2D eigenvalue weighted by Gasteiger charge is -2.08. The Bertz CT molecular complexity index is 605. The van der Waals surface area contributed by atoms with Gasteiger partial charge in [-0.05, 0) is 6.42 Å². The first kappa shape index (κ1) is 14.9. The first-order valence-electron chi connectivity index (χ1n) is 6.31. The van der Waals surface area contributed by atoms with Crippen LogP contribution in [0.15, 0.2) is 18.2 Å². The Morgan fingerprint density at radius 2 is 1.71 bits per heavy atom. The molecular formula is C13H14F2N4O2. The molecular weight excluding hydrogens is 282 g/mol. The Hall–Kier alpha value is -2.51. The Kier molecular flexibility index (Phi) is 4.81. The molecule has 0 unspecified atom stereocenters. The Labute approximate surface area is 120 Å². The maximum Gasteiger partial charge on any atom is 0.330 e. The van der Waals surface area contributed by atoms with Crippen LogP contribution < -0.4 is 14.8 Å². The molecule has 0 aliphatic rings. The van der Waals surface area contributed by atoms with Crippen LogP contribution in [0.1, 0.15) is 13.3 Å². The molecule has 0 saturated carbocycles. The van der Waals surface area contributed by atoms with E-state index < -0.39 is 11.6 Å². The van der Waals surface area contributed by atoms with Crippen LogP contribution in [0.25, 0.3) is 0 Å². The molecule has 0 atom stereocenters. The zero-order valence-corrected chi connectivity index (χ0v) is 11.6. The minimum atomic E-state index is -0.754. The van der Waals surface area contributed by atoms with Crippen molar-refractivity contribution in [2.45, 2.75) is 13.3 Å². The predicted octanol–water partition coefficient (Wildman–Crippen LogP) is 2.77. The van der Waals surface area contributed by atoms with Crippen LogP contribution >= 0.6 is 0 Å². The van der Waals surface area contributed by atoms with Gasteiger partial charge in [0.25, 0.3) is 0 Å². The van der Waals surface area contributed by atoms with Gasteiger partial charge < -0.3 is 14.8 Å². The zero-order chi connectivity index (χ0) is 15.2. The van der Waals surface area contributed by atoms with E-state index in [-0.39, 0.29) is 23.7 Å². The van der Waals surface area contributed by atoms with Gasteiger partial charge in [-0.2, -0.15) is 9.97 Å². The largest absolute Gasteiger partial charge is 0.463 e. The summed E-state index contributed by atoms with van der Waals surface area (Å²) in [5, 5.41) is 2.72. The van der Waals surface area contributed by atoms with Gasteiger partial charge in [-0.3, -0.25) is 0 Å². The minimum Gasteiger partial charge on any atom is -0.463 e. The molecule has 2 rings (SSSR count). The molecule has 112 valence electrons. The van der Waals surface area contributed by atoms with E-state index in [1.54, 1.807) is 7.05 Å². The fourth-order valence-electron chi connectivity index (χ4n) is 1.45. The van der Waals surface area contributed by atoms with E-state index in [1.165, 1.54) is 0 Å². The summed E-state index contributed by atoms with van der Waals surface area (Å²) in [6.07, 6.45) is 0.784. The highest BCUT2D eigenvalue weighted by atomic mass is 19.1. The van der Waals surface area contributed by atoms with Crippen molar-refractivity contribution in [2.24, 2.45) is 0 Å². The molecule has 8 heteroatoms. The van der Waals surface area contributed by atoms with E-state index in [4.69, 9.17) is 9.47 Å². The molecule has 0 aliphatic heterocycles. The molecule has 0 amide bonds. The molecule has 1 heterocycles. The summed E-state index contributed by atoms with van der Waals surface area (Å²) in [5.41, 5.74) is 0. The maximum atomic E-state index is 13.1. The van der Waals surface area contributed by atoms with Crippen molar-refractivity contribution in [3.8, 4) is 17.8 Å². The SMILES string of the molecule is CCCOc1nc(NC)nc(Oc2cc(F)cc(F)c2)n1. The summed E-state index contributed by atoms with van der Waals surface area (Å²) >= 11 is 0. The van der Waals surface area contributed by atoms with Gasteiger partial charge in [-0.15, -0.1) is 4.98 Å². The summed E-state index contributed by atoms with van der Waals surface area (Å²) < 4.78 is 36.8. The van der Waals surface area contributed by atoms with Gasteiger partial charge in [0.05, 0.1) is 6.61 Å². The van der Waals surface area contributed by atoms with Crippen molar-refractivity contribution >= 4 is 5.95 Å². The number of benzene rings is 1. The van der Waals surface area contributed by atoms with E-state index >= 15 is 0 Å². The van der Waals surface area contributed by atoms with Crippen molar-refractivity contribution in [3.63, 3.8) is 0 Å². The summed E-state index contributed by atoms with van der Waals surface area (Å²) in [6, 6.07) is 2.75. The number of hydrogen-bond donors (Lipinski definition) is 1. The van der Waals surface area contributed by atoms with Crippen molar-refractivity contribution in [2.75, 3.05) is 19.0 Å². The summed E-state index contributed by atoms with van der Waals surface area (Å²) in [4.78, 5) is 11.8. The number of hydrogen-bond acceptors (Lipinski definition) is 6. The lowest BCUT2D eigenvalue weighted by atomic mass is 10.3. The first-order valence-corrected chi connectivity index (χ1v) is 6.31. The van der Waals surface area contributed by atoms with Crippen LogP contribution in [-0.2, 0) is 0 Å². The molecule has 1 N–H and O–H groups in total. The normalized spacial score (nSPS) is 10.3. The number of nitrogens with one attached hydrogen (secondary N) is 1. The molecule has 21 heavy (non-hydrogen) atoms. The van der Waals surface area contributed by atoms with Gasteiger partial charge >= 0.3 is 12.0 Å².